The summed E-state index contributed by atoms with van der Waals surface area (Å²) in [5.74, 6) is -3.69. The number of hydrogen-bond acceptors (Lipinski definition) is 7. The van der Waals surface area contributed by atoms with Gasteiger partial charge in [0.2, 0.25) is 0 Å². The molecule has 1 aromatic heterocycles. The predicted octanol–water partition coefficient (Wildman–Crippen LogP) is 5.52. The number of ether oxygens (including phenoxy) is 1. The number of aliphatic hydroxyl groups is 1. The minimum Gasteiger partial charge on any atom is -0.507 e. The van der Waals surface area contributed by atoms with Crippen molar-refractivity contribution in [2.75, 3.05) is 11.5 Å². The summed E-state index contributed by atoms with van der Waals surface area (Å²) < 4.78 is 19.3. The maximum Gasteiger partial charge on any atom is 0.350 e. The Labute approximate surface area is 215 Å². The molecular weight excluding hydrogens is 507 g/mol. The zero-order chi connectivity index (χ0) is 26.1. The molecule has 7 nitrogen and oxygen atoms in total. The molecule has 3 aromatic rings. The van der Waals surface area contributed by atoms with Crippen LogP contribution in [-0.2, 0) is 14.3 Å². The first-order valence-electron chi connectivity index (χ1n) is 10.7. The summed E-state index contributed by atoms with van der Waals surface area (Å²) in [6.07, 6.45) is 1.42. The van der Waals surface area contributed by atoms with E-state index in [1.54, 1.807) is 38.1 Å². The van der Waals surface area contributed by atoms with Gasteiger partial charge >= 0.3 is 11.9 Å². The normalized spacial score (nSPS) is 16.9. The molecule has 1 N–H and O–H groups in total. The lowest BCUT2D eigenvalue weighted by molar-refractivity contribution is -0.132. The van der Waals surface area contributed by atoms with Gasteiger partial charge in [-0.2, -0.15) is 0 Å². The van der Waals surface area contributed by atoms with Crippen molar-refractivity contribution in [3.63, 3.8) is 0 Å². The first-order chi connectivity index (χ1) is 17.1. The number of Topliss-reactive ketones (excluding diaryl/α,β-unsaturated/α-hetero) is 1. The number of carbonyl (C=O) groups excluding carboxylic acids is 3. The van der Waals surface area contributed by atoms with Gasteiger partial charge in [-0.25, -0.2) is 14.2 Å². The second kappa shape index (κ2) is 10.0. The smallest absolute Gasteiger partial charge is 0.350 e. The van der Waals surface area contributed by atoms with E-state index < -0.39 is 35.3 Å². The average Bonchev–Trinajstić information content (AvgIpc) is 3.36. The van der Waals surface area contributed by atoms with Gasteiger partial charge in [-0.3, -0.25) is 14.5 Å². The Balaban J connectivity index is 1.89. The Morgan fingerprint density at radius 3 is 2.58 bits per heavy atom. The molecule has 10 heteroatoms. The number of aromatic nitrogens is 1. The number of nitrogens with zero attached hydrogens (tertiary/aromatic N) is 2. The van der Waals surface area contributed by atoms with Gasteiger partial charge in [0, 0.05) is 10.6 Å². The number of hydrogen-bond donors (Lipinski definition) is 1. The maximum atomic E-state index is 14.2. The number of aryl methyl sites for hydroxylation is 2. The van der Waals surface area contributed by atoms with Crippen LogP contribution in [0.25, 0.3) is 5.76 Å². The van der Waals surface area contributed by atoms with Crippen LogP contribution in [0.5, 0.6) is 0 Å². The molecule has 1 aliphatic heterocycles. The van der Waals surface area contributed by atoms with E-state index in [-0.39, 0.29) is 27.8 Å². The SMILES string of the molecule is C=CCOC(=O)c1sc(N2C(=O)C(=O)C(=C(O)c3ccc(C)c(F)c3)[C@H]2c2ccc(Cl)cc2)nc1C. The molecule has 4 rings (SSSR count). The van der Waals surface area contributed by atoms with Crippen molar-refractivity contribution < 1.29 is 28.6 Å². The first-order valence-corrected chi connectivity index (χ1v) is 11.9. The third-order valence-corrected chi connectivity index (χ3v) is 6.97. The monoisotopic (exact) mass is 526 g/mol. The van der Waals surface area contributed by atoms with Crippen molar-refractivity contribution in [1.82, 2.24) is 4.98 Å². The molecule has 1 saturated heterocycles. The van der Waals surface area contributed by atoms with Gasteiger partial charge in [-0.1, -0.05) is 59.9 Å². The summed E-state index contributed by atoms with van der Waals surface area (Å²) >= 11 is 6.92. The van der Waals surface area contributed by atoms with Gasteiger partial charge in [-0.05, 0) is 43.2 Å². The van der Waals surface area contributed by atoms with Crippen molar-refractivity contribution in [3.8, 4) is 0 Å². The Bertz CT molecular complexity index is 1430. The summed E-state index contributed by atoms with van der Waals surface area (Å²) in [5.41, 5.74) is 0.918. The lowest BCUT2D eigenvalue weighted by Gasteiger charge is -2.23. The molecular formula is C26H20ClFN2O5S. The zero-order valence-electron chi connectivity index (χ0n) is 19.2. The highest BCUT2D eigenvalue weighted by atomic mass is 35.5. The van der Waals surface area contributed by atoms with Gasteiger partial charge in [0.05, 0.1) is 17.3 Å². The summed E-state index contributed by atoms with van der Waals surface area (Å²) in [6, 6.07) is 9.28. The van der Waals surface area contributed by atoms with E-state index in [0.29, 0.717) is 21.8 Å². The van der Waals surface area contributed by atoms with Crippen LogP contribution in [0.1, 0.15) is 38.1 Å². The number of rotatable bonds is 6. The molecule has 0 bridgehead atoms. The predicted molar refractivity (Wildman–Crippen MR) is 135 cm³/mol. The highest BCUT2D eigenvalue weighted by Crippen LogP contribution is 2.44. The third-order valence-electron chi connectivity index (χ3n) is 5.58. The quantitative estimate of drug-likeness (QED) is 0.149. The second-order valence-electron chi connectivity index (χ2n) is 7.98. The van der Waals surface area contributed by atoms with Gasteiger partial charge in [0.15, 0.2) is 5.13 Å². The topological polar surface area (TPSA) is 96.8 Å². The van der Waals surface area contributed by atoms with Gasteiger partial charge in [-0.15, -0.1) is 0 Å². The Morgan fingerprint density at radius 2 is 1.94 bits per heavy atom. The number of thiazole rings is 1. The standard InChI is InChI=1S/C26H20ClFN2O5S/c1-4-11-35-25(34)23-14(3)29-26(36-23)30-20(15-7-9-17(27)10-8-15)19(22(32)24(30)33)21(31)16-6-5-13(2)18(28)12-16/h4-10,12,20,31H,1,11H2,2-3H3/t20-/m1/s1. The Hall–Kier alpha value is -3.82. The molecule has 36 heavy (non-hydrogen) atoms. The molecule has 0 unspecified atom stereocenters. The van der Waals surface area contributed by atoms with E-state index in [4.69, 9.17) is 16.3 Å². The van der Waals surface area contributed by atoms with Crippen LogP contribution in [0.2, 0.25) is 5.02 Å². The van der Waals surface area contributed by atoms with Crippen LogP contribution >= 0.6 is 22.9 Å². The van der Waals surface area contributed by atoms with E-state index in [9.17, 15) is 23.9 Å². The van der Waals surface area contributed by atoms with Crippen molar-refractivity contribution in [3.05, 3.63) is 98.8 Å². The summed E-state index contributed by atoms with van der Waals surface area (Å²) in [7, 11) is 0. The third kappa shape index (κ3) is 4.55. The van der Waals surface area contributed by atoms with E-state index >= 15 is 0 Å². The van der Waals surface area contributed by atoms with E-state index in [2.05, 4.69) is 11.6 Å². The van der Waals surface area contributed by atoms with Crippen LogP contribution in [0, 0.1) is 19.7 Å². The maximum absolute atomic E-state index is 14.2. The largest absolute Gasteiger partial charge is 0.507 e. The average molecular weight is 527 g/mol. The Morgan fingerprint density at radius 1 is 1.25 bits per heavy atom. The molecule has 2 heterocycles. The number of amides is 1. The minimum atomic E-state index is -1.10. The molecule has 0 aliphatic carbocycles. The number of aliphatic hydroxyl groups excluding tert-OH is 1. The van der Waals surface area contributed by atoms with Crippen LogP contribution < -0.4 is 4.90 Å². The van der Waals surface area contributed by atoms with E-state index in [1.165, 1.54) is 18.2 Å². The number of anilines is 1. The summed E-state index contributed by atoms with van der Waals surface area (Å²) in [4.78, 5) is 44.5. The van der Waals surface area contributed by atoms with Crippen molar-refractivity contribution in [2.45, 2.75) is 19.9 Å². The molecule has 0 spiro atoms. The van der Waals surface area contributed by atoms with Crippen LogP contribution in [-0.4, -0.2) is 34.4 Å². The first kappa shape index (κ1) is 25.3. The van der Waals surface area contributed by atoms with Gasteiger partial charge in [0.1, 0.15) is 23.1 Å². The van der Waals surface area contributed by atoms with Crippen LogP contribution in [0.4, 0.5) is 9.52 Å². The number of esters is 1. The van der Waals surface area contributed by atoms with Gasteiger partial charge < -0.3 is 9.84 Å². The van der Waals surface area contributed by atoms with Crippen LogP contribution in [0.15, 0.2) is 60.7 Å². The molecule has 0 saturated carbocycles. The Kier molecular flexibility index (Phi) is 7.05. The molecule has 184 valence electrons. The lowest BCUT2D eigenvalue weighted by atomic mass is 9.95. The van der Waals surface area contributed by atoms with E-state index in [1.807, 2.05) is 0 Å². The fourth-order valence-corrected chi connectivity index (χ4v) is 4.87. The van der Waals surface area contributed by atoms with Crippen molar-refractivity contribution in [2.24, 2.45) is 0 Å². The lowest BCUT2D eigenvalue weighted by Crippen LogP contribution is -2.29. The number of ketones is 1. The molecule has 1 amide bonds. The number of halogens is 2. The number of benzene rings is 2. The van der Waals surface area contributed by atoms with Gasteiger partial charge in [0.25, 0.3) is 5.78 Å². The van der Waals surface area contributed by atoms with Crippen molar-refractivity contribution >= 4 is 51.5 Å². The molecule has 2 aromatic carbocycles. The van der Waals surface area contributed by atoms with E-state index in [0.717, 1.165) is 22.3 Å². The summed E-state index contributed by atoms with van der Waals surface area (Å²) in [5, 5.41) is 11.6. The fraction of sp³-hybridized carbons (Fsp3) is 0.154. The molecule has 1 atom stereocenters. The second-order valence-corrected chi connectivity index (χ2v) is 9.40. The minimum absolute atomic E-state index is 0.00605. The molecule has 1 fully saturated rings. The number of carbonyl (C=O) groups is 3. The fourth-order valence-electron chi connectivity index (χ4n) is 3.76. The summed E-state index contributed by atoms with van der Waals surface area (Å²) in [6.45, 7) is 6.64. The highest BCUT2D eigenvalue weighted by molar-refractivity contribution is 7.17. The zero-order valence-corrected chi connectivity index (χ0v) is 20.8. The molecule has 1 aliphatic rings. The van der Waals surface area contributed by atoms with Crippen LogP contribution in [0.3, 0.4) is 0 Å². The highest BCUT2D eigenvalue weighted by Gasteiger charge is 2.48. The van der Waals surface area contributed by atoms with Crippen molar-refractivity contribution in [1.29, 1.82) is 0 Å². The molecule has 0 radical (unpaired) electrons.